The lowest BCUT2D eigenvalue weighted by Gasteiger charge is -2.32. The molecule has 1 saturated heterocycles. The second-order valence-corrected chi connectivity index (χ2v) is 8.08. The lowest BCUT2D eigenvalue weighted by molar-refractivity contribution is -0.152. The van der Waals surface area contributed by atoms with Gasteiger partial charge < -0.3 is 18.8 Å². The summed E-state index contributed by atoms with van der Waals surface area (Å²) in [6, 6.07) is 3.66. The summed E-state index contributed by atoms with van der Waals surface area (Å²) in [5.41, 5.74) is 0.104. The van der Waals surface area contributed by atoms with Crippen LogP contribution in [0.25, 0.3) is 0 Å². The van der Waals surface area contributed by atoms with Crippen LogP contribution < -0.4 is 10.2 Å². The first-order valence-electron chi connectivity index (χ1n) is 8.44. The van der Waals surface area contributed by atoms with Crippen molar-refractivity contribution in [3.8, 4) is 5.88 Å². The van der Waals surface area contributed by atoms with Crippen LogP contribution in [0.4, 0.5) is 0 Å². The van der Waals surface area contributed by atoms with Gasteiger partial charge in [0.2, 0.25) is 5.88 Å². The summed E-state index contributed by atoms with van der Waals surface area (Å²) in [6.07, 6.45) is 0. The molecule has 1 aromatic rings. The number of ether oxygens (including phenoxy) is 2. The lowest BCUT2D eigenvalue weighted by Crippen LogP contribution is -2.41. The summed E-state index contributed by atoms with van der Waals surface area (Å²) < 4.78 is 22.6. The smallest absolute Gasteiger partial charge is 0.476 e. The molecule has 138 valence electrons. The molecule has 1 aliphatic heterocycles. The third-order valence-electron chi connectivity index (χ3n) is 4.93. The maximum atomic E-state index is 11.7. The maximum absolute atomic E-state index is 11.7. The van der Waals surface area contributed by atoms with E-state index in [2.05, 4.69) is 4.98 Å². The van der Waals surface area contributed by atoms with E-state index in [1.165, 1.54) is 7.11 Å². The molecule has 0 unspecified atom stereocenters. The lowest BCUT2D eigenvalue weighted by atomic mass is 9.78. The number of methoxy groups -OCH3 is 1. The van der Waals surface area contributed by atoms with Crippen molar-refractivity contribution in [3.63, 3.8) is 0 Å². The Morgan fingerprint density at radius 2 is 1.76 bits per heavy atom. The van der Waals surface area contributed by atoms with E-state index in [1.807, 2.05) is 40.7 Å². The van der Waals surface area contributed by atoms with Gasteiger partial charge in [-0.25, -0.2) is 4.98 Å². The SMILES string of the molecule is COC(=O)C(C)(C)COc1ccc(B2OC(C)(C)C(C)(C)O2)c(C)n1. The summed E-state index contributed by atoms with van der Waals surface area (Å²) >= 11 is 0. The fraction of sp³-hybridized carbons (Fsp3) is 0.667. The van der Waals surface area contributed by atoms with Crippen molar-refractivity contribution < 1.29 is 23.6 Å². The Labute approximate surface area is 150 Å². The summed E-state index contributed by atoms with van der Waals surface area (Å²) in [5.74, 6) is 0.132. The number of carbonyl (C=O) groups excluding carboxylic acids is 1. The zero-order chi connectivity index (χ0) is 19.0. The van der Waals surface area contributed by atoms with Gasteiger partial charge in [-0.05, 0) is 54.5 Å². The molecular formula is C18H28BNO5. The normalized spacial score (nSPS) is 19.0. The zero-order valence-electron chi connectivity index (χ0n) is 16.4. The first kappa shape index (κ1) is 19.7. The summed E-state index contributed by atoms with van der Waals surface area (Å²) in [4.78, 5) is 16.2. The molecule has 0 radical (unpaired) electrons. The second-order valence-electron chi connectivity index (χ2n) is 8.08. The number of pyridine rings is 1. The van der Waals surface area contributed by atoms with E-state index in [0.717, 1.165) is 11.2 Å². The van der Waals surface area contributed by atoms with Gasteiger partial charge in [0.1, 0.15) is 6.61 Å². The maximum Gasteiger partial charge on any atom is 0.496 e. The van der Waals surface area contributed by atoms with Gasteiger partial charge in [0.15, 0.2) is 0 Å². The van der Waals surface area contributed by atoms with Crippen LogP contribution in [0.1, 0.15) is 47.2 Å². The number of aromatic nitrogens is 1. The fourth-order valence-electron chi connectivity index (χ4n) is 2.44. The molecule has 0 N–H and O–H groups in total. The highest BCUT2D eigenvalue weighted by molar-refractivity contribution is 6.62. The highest BCUT2D eigenvalue weighted by Crippen LogP contribution is 2.36. The van der Waals surface area contributed by atoms with Crippen LogP contribution in [0.2, 0.25) is 0 Å². The number of hydrogen-bond acceptors (Lipinski definition) is 6. The van der Waals surface area contributed by atoms with Crippen LogP contribution in [0.3, 0.4) is 0 Å². The van der Waals surface area contributed by atoms with Gasteiger partial charge in [0, 0.05) is 11.2 Å². The number of aryl methyl sites for hydroxylation is 1. The highest BCUT2D eigenvalue weighted by Gasteiger charge is 2.52. The summed E-state index contributed by atoms with van der Waals surface area (Å²) in [7, 11) is 0.907. The number of rotatable bonds is 5. The van der Waals surface area contributed by atoms with Gasteiger partial charge in [0.25, 0.3) is 0 Å². The van der Waals surface area contributed by atoms with Gasteiger partial charge in [-0.3, -0.25) is 4.79 Å². The molecule has 25 heavy (non-hydrogen) atoms. The molecule has 0 aromatic carbocycles. The average Bonchev–Trinajstić information content (AvgIpc) is 2.72. The van der Waals surface area contributed by atoms with E-state index >= 15 is 0 Å². The molecule has 2 heterocycles. The molecule has 2 rings (SSSR count). The van der Waals surface area contributed by atoms with Gasteiger partial charge in [-0.15, -0.1) is 0 Å². The summed E-state index contributed by atoms with van der Waals surface area (Å²) in [6.45, 7) is 13.7. The van der Waals surface area contributed by atoms with E-state index in [1.54, 1.807) is 19.9 Å². The van der Waals surface area contributed by atoms with Crippen molar-refractivity contribution >= 4 is 18.6 Å². The molecule has 1 aromatic heterocycles. The van der Waals surface area contributed by atoms with Crippen LogP contribution in [-0.2, 0) is 18.8 Å². The van der Waals surface area contributed by atoms with E-state index in [9.17, 15) is 4.79 Å². The molecule has 0 aliphatic carbocycles. The standard InChI is InChI=1S/C18H28BNO5/c1-12-13(19-24-17(4,5)18(6,7)25-19)9-10-14(20-12)23-11-16(2,3)15(21)22-8/h9-10H,11H2,1-8H3. The largest absolute Gasteiger partial charge is 0.496 e. The van der Waals surface area contributed by atoms with Crippen LogP contribution in [-0.4, -0.2) is 43.0 Å². The zero-order valence-corrected chi connectivity index (χ0v) is 16.4. The minimum Gasteiger partial charge on any atom is -0.476 e. The molecule has 0 saturated carbocycles. The van der Waals surface area contributed by atoms with Crippen LogP contribution in [0, 0.1) is 12.3 Å². The van der Waals surface area contributed by atoms with E-state index in [4.69, 9.17) is 18.8 Å². The fourth-order valence-corrected chi connectivity index (χ4v) is 2.44. The van der Waals surface area contributed by atoms with Crippen molar-refractivity contribution in [1.82, 2.24) is 4.98 Å². The van der Waals surface area contributed by atoms with E-state index < -0.39 is 23.7 Å². The minimum atomic E-state index is -0.741. The van der Waals surface area contributed by atoms with Crippen molar-refractivity contribution in [1.29, 1.82) is 0 Å². The molecule has 0 bridgehead atoms. The van der Waals surface area contributed by atoms with Gasteiger partial charge >= 0.3 is 13.1 Å². The summed E-state index contributed by atoms with van der Waals surface area (Å²) in [5, 5.41) is 0. The van der Waals surface area contributed by atoms with Crippen molar-refractivity contribution in [2.75, 3.05) is 13.7 Å². The molecular weight excluding hydrogens is 321 g/mol. The predicted octanol–water partition coefficient (Wildman–Crippen LogP) is 2.27. The Bertz CT molecular complexity index is 641. The molecule has 1 fully saturated rings. The molecule has 0 spiro atoms. The molecule has 0 amide bonds. The third kappa shape index (κ3) is 3.98. The first-order valence-corrected chi connectivity index (χ1v) is 8.44. The number of carbonyl (C=O) groups is 1. The Kier molecular flexibility index (Phi) is 5.22. The topological polar surface area (TPSA) is 66.9 Å². The third-order valence-corrected chi connectivity index (χ3v) is 4.93. The van der Waals surface area contributed by atoms with Crippen LogP contribution in [0.5, 0.6) is 5.88 Å². The Hall–Kier alpha value is -1.60. The number of hydrogen-bond donors (Lipinski definition) is 0. The van der Waals surface area contributed by atoms with Crippen molar-refractivity contribution in [2.24, 2.45) is 5.41 Å². The van der Waals surface area contributed by atoms with Crippen molar-refractivity contribution in [2.45, 2.75) is 59.7 Å². The van der Waals surface area contributed by atoms with Gasteiger partial charge in [-0.1, -0.05) is 6.07 Å². The van der Waals surface area contributed by atoms with Gasteiger partial charge in [-0.2, -0.15) is 0 Å². The van der Waals surface area contributed by atoms with Crippen LogP contribution >= 0.6 is 0 Å². The number of esters is 1. The minimum absolute atomic E-state index is 0.182. The quantitative estimate of drug-likeness (QED) is 0.600. The monoisotopic (exact) mass is 349 g/mol. The molecule has 0 atom stereocenters. The predicted molar refractivity (Wildman–Crippen MR) is 96.0 cm³/mol. The van der Waals surface area contributed by atoms with Crippen molar-refractivity contribution in [3.05, 3.63) is 17.8 Å². The number of nitrogens with zero attached hydrogens (tertiary/aromatic N) is 1. The van der Waals surface area contributed by atoms with E-state index in [-0.39, 0.29) is 12.6 Å². The second kappa shape index (κ2) is 6.61. The molecule has 6 nitrogen and oxygen atoms in total. The molecule has 1 aliphatic rings. The Balaban J connectivity index is 2.11. The van der Waals surface area contributed by atoms with E-state index in [0.29, 0.717) is 5.88 Å². The average molecular weight is 349 g/mol. The van der Waals surface area contributed by atoms with Crippen LogP contribution in [0.15, 0.2) is 12.1 Å². The van der Waals surface area contributed by atoms with Gasteiger partial charge in [0.05, 0.1) is 23.7 Å². The first-order chi connectivity index (χ1) is 11.4. The molecule has 7 heteroatoms. The Morgan fingerprint density at radius 3 is 2.24 bits per heavy atom. The highest BCUT2D eigenvalue weighted by atomic mass is 16.7. The Morgan fingerprint density at radius 1 is 1.20 bits per heavy atom.